The molecule has 2 N–H and O–H groups in total. The van der Waals surface area contributed by atoms with Gasteiger partial charge in [0, 0.05) is 10.5 Å². The zero-order valence-electron chi connectivity index (χ0n) is 8.22. The van der Waals surface area contributed by atoms with Gasteiger partial charge >= 0.3 is 0 Å². The first-order valence-electron chi connectivity index (χ1n) is 4.39. The van der Waals surface area contributed by atoms with Gasteiger partial charge in [-0.1, -0.05) is 27.6 Å². The van der Waals surface area contributed by atoms with Crippen LogP contribution < -0.4 is 5.73 Å². The van der Waals surface area contributed by atoms with Crippen LogP contribution in [-0.4, -0.2) is 6.04 Å². The lowest BCUT2D eigenvalue weighted by atomic mass is 10.1. The van der Waals surface area contributed by atoms with Crippen LogP contribution in [0.4, 0.5) is 4.39 Å². The Bertz CT molecular complexity index is 338. The smallest absolute Gasteiger partial charge is 0.124 e. The normalized spacial score (nSPS) is 14.2. The molecule has 0 fully saturated rings. The molecule has 0 aliphatic rings. The van der Waals surface area contributed by atoms with E-state index >= 15 is 0 Å². The van der Waals surface area contributed by atoms with E-state index in [9.17, 15) is 4.39 Å². The van der Waals surface area contributed by atoms with Gasteiger partial charge in [-0.05, 0) is 37.6 Å². The number of halogens is 2. The second-order valence-electron chi connectivity index (χ2n) is 3.38. The average Bonchev–Trinajstić information content (AvgIpc) is 2.01. The van der Waals surface area contributed by atoms with Crippen LogP contribution in [0.1, 0.15) is 19.4 Å². The van der Waals surface area contributed by atoms with E-state index in [0.717, 1.165) is 15.6 Å². The van der Waals surface area contributed by atoms with Crippen molar-refractivity contribution in [1.82, 2.24) is 0 Å². The maximum atomic E-state index is 13.0. The van der Waals surface area contributed by atoms with Crippen LogP contribution in [0.15, 0.2) is 28.2 Å². The highest BCUT2D eigenvalue weighted by molar-refractivity contribution is 9.10. The molecule has 0 heterocycles. The molecule has 0 aromatic heterocycles. The lowest BCUT2D eigenvalue weighted by Crippen LogP contribution is -2.15. The van der Waals surface area contributed by atoms with Gasteiger partial charge < -0.3 is 5.73 Å². The molecule has 3 heteroatoms. The number of hydrogen-bond acceptors (Lipinski definition) is 1. The highest BCUT2D eigenvalue weighted by Gasteiger charge is 1.99. The minimum Gasteiger partial charge on any atom is -0.324 e. The maximum Gasteiger partial charge on any atom is 0.124 e. The van der Waals surface area contributed by atoms with Gasteiger partial charge in [-0.2, -0.15) is 0 Å². The summed E-state index contributed by atoms with van der Waals surface area (Å²) in [7, 11) is 0. The number of hydrogen-bond donors (Lipinski definition) is 1. The van der Waals surface area contributed by atoms with Crippen molar-refractivity contribution in [2.45, 2.75) is 19.9 Å². The monoisotopic (exact) mass is 257 g/mol. The number of benzene rings is 1. The Balaban J connectivity index is 3.02. The Morgan fingerprint density at radius 3 is 2.64 bits per heavy atom. The van der Waals surface area contributed by atoms with Crippen LogP contribution in [0.5, 0.6) is 0 Å². The first-order chi connectivity index (χ1) is 6.49. The van der Waals surface area contributed by atoms with Gasteiger partial charge in [0.25, 0.3) is 0 Å². The molecule has 1 aromatic carbocycles. The third-order valence-electron chi connectivity index (χ3n) is 2.00. The van der Waals surface area contributed by atoms with Crippen LogP contribution >= 0.6 is 15.9 Å². The number of nitrogens with two attached hydrogens (primary N) is 1. The van der Waals surface area contributed by atoms with Gasteiger partial charge in [0.1, 0.15) is 5.82 Å². The molecular weight excluding hydrogens is 245 g/mol. The molecular formula is C11H13BrFN. The van der Waals surface area contributed by atoms with Crippen molar-refractivity contribution in [3.05, 3.63) is 39.6 Å². The molecule has 0 amide bonds. The summed E-state index contributed by atoms with van der Waals surface area (Å²) in [5.41, 5.74) is 7.54. The van der Waals surface area contributed by atoms with Gasteiger partial charge in [-0.15, -0.1) is 0 Å². The standard InChI is InChI=1S/C11H13BrFN/c1-7(8(2)14)3-9-4-10(12)6-11(13)5-9/h3-6,8H,14H2,1-2H3/b7-3+. The zero-order chi connectivity index (χ0) is 10.7. The van der Waals surface area contributed by atoms with Crippen LogP contribution in [0.25, 0.3) is 6.08 Å². The third-order valence-corrected chi connectivity index (χ3v) is 2.46. The lowest BCUT2D eigenvalue weighted by Gasteiger charge is -2.05. The molecule has 1 aromatic rings. The minimum absolute atomic E-state index is 0.00274. The molecule has 0 radical (unpaired) electrons. The fourth-order valence-electron chi connectivity index (χ4n) is 1.05. The molecule has 76 valence electrons. The Kier molecular flexibility index (Phi) is 3.84. The van der Waals surface area contributed by atoms with E-state index in [1.54, 1.807) is 0 Å². The van der Waals surface area contributed by atoms with Crippen molar-refractivity contribution in [1.29, 1.82) is 0 Å². The fraction of sp³-hybridized carbons (Fsp3) is 0.273. The summed E-state index contributed by atoms with van der Waals surface area (Å²) in [5.74, 6) is -0.247. The molecule has 0 aliphatic heterocycles. The highest BCUT2D eigenvalue weighted by Crippen LogP contribution is 2.17. The summed E-state index contributed by atoms with van der Waals surface area (Å²) in [4.78, 5) is 0. The largest absolute Gasteiger partial charge is 0.324 e. The first kappa shape index (κ1) is 11.4. The van der Waals surface area contributed by atoms with Gasteiger partial charge in [0.15, 0.2) is 0 Å². The Morgan fingerprint density at radius 2 is 2.14 bits per heavy atom. The van der Waals surface area contributed by atoms with Crippen molar-refractivity contribution in [2.24, 2.45) is 5.73 Å². The maximum absolute atomic E-state index is 13.0. The summed E-state index contributed by atoms with van der Waals surface area (Å²) in [5, 5.41) is 0. The first-order valence-corrected chi connectivity index (χ1v) is 5.18. The van der Waals surface area contributed by atoms with E-state index in [2.05, 4.69) is 15.9 Å². The van der Waals surface area contributed by atoms with Crippen molar-refractivity contribution in [3.8, 4) is 0 Å². The summed E-state index contributed by atoms with van der Waals surface area (Å²) in [6.45, 7) is 3.84. The van der Waals surface area contributed by atoms with E-state index in [-0.39, 0.29) is 11.9 Å². The Hall–Kier alpha value is -0.670. The van der Waals surface area contributed by atoms with Crippen LogP contribution in [0.3, 0.4) is 0 Å². The molecule has 1 rings (SSSR count). The van der Waals surface area contributed by atoms with E-state index in [1.165, 1.54) is 12.1 Å². The van der Waals surface area contributed by atoms with E-state index in [0.29, 0.717) is 0 Å². The van der Waals surface area contributed by atoms with Crippen LogP contribution in [-0.2, 0) is 0 Å². The summed E-state index contributed by atoms with van der Waals surface area (Å²) in [6, 6.07) is 4.77. The van der Waals surface area contributed by atoms with Crippen molar-refractivity contribution >= 4 is 22.0 Å². The van der Waals surface area contributed by atoms with Crippen molar-refractivity contribution in [2.75, 3.05) is 0 Å². The number of rotatable bonds is 2. The second-order valence-corrected chi connectivity index (χ2v) is 4.30. The van der Waals surface area contributed by atoms with Crippen LogP contribution in [0.2, 0.25) is 0 Å². The van der Waals surface area contributed by atoms with Gasteiger partial charge in [-0.25, -0.2) is 4.39 Å². The van der Waals surface area contributed by atoms with Gasteiger partial charge in [0.05, 0.1) is 0 Å². The highest BCUT2D eigenvalue weighted by atomic mass is 79.9. The molecule has 0 spiro atoms. The van der Waals surface area contributed by atoms with E-state index in [4.69, 9.17) is 5.73 Å². The minimum atomic E-state index is -0.247. The third kappa shape index (κ3) is 3.24. The topological polar surface area (TPSA) is 26.0 Å². The van der Waals surface area contributed by atoms with Crippen molar-refractivity contribution < 1.29 is 4.39 Å². The van der Waals surface area contributed by atoms with E-state index < -0.39 is 0 Å². The predicted molar refractivity (Wildman–Crippen MR) is 61.4 cm³/mol. The molecule has 14 heavy (non-hydrogen) atoms. The second kappa shape index (κ2) is 4.71. The average molecular weight is 258 g/mol. The van der Waals surface area contributed by atoms with Crippen molar-refractivity contribution in [3.63, 3.8) is 0 Å². The fourth-order valence-corrected chi connectivity index (χ4v) is 1.54. The molecule has 1 atom stereocenters. The van der Waals surface area contributed by atoms with Gasteiger partial charge in [-0.3, -0.25) is 0 Å². The summed E-state index contributed by atoms with van der Waals surface area (Å²) in [6.07, 6.45) is 1.89. The molecule has 0 saturated carbocycles. The molecule has 1 nitrogen and oxygen atoms in total. The molecule has 0 aliphatic carbocycles. The molecule has 0 saturated heterocycles. The summed E-state index contributed by atoms with van der Waals surface area (Å²) >= 11 is 3.24. The van der Waals surface area contributed by atoms with E-state index in [1.807, 2.05) is 26.0 Å². The predicted octanol–water partition coefficient (Wildman–Crippen LogP) is 3.34. The quantitative estimate of drug-likeness (QED) is 0.865. The SMILES string of the molecule is C/C(=C\c1cc(F)cc(Br)c1)C(C)N. The Labute approximate surface area is 91.9 Å². The van der Waals surface area contributed by atoms with Gasteiger partial charge in [0.2, 0.25) is 0 Å². The molecule has 1 unspecified atom stereocenters. The molecule has 0 bridgehead atoms. The zero-order valence-corrected chi connectivity index (χ0v) is 9.81. The van der Waals surface area contributed by atoms with Crippen LogP contribution in [0, 0.1) is 5.82 Å². The summed E-state index contributed by atoms with van der Waals surface area (Å²) < 4.78 is 13.7. The Morgan fingerprint density at radius 1 is 1.50 bits per heavy atom. The lowest BCUT2D eigenvalue weighted by molar-refractivity contribution is 0.626.